The van der Waals surface area contributed by atoms with Crippen LogP contribution in [-0.4, -0.2) is 29.2 Å². The zero-order chi connectivity index (χ0) is 20.1. The van der Waals surface area contributed by atoms with Gasteiger partial charge in [-0.1, -0.05) is 35.8 Å². The monoisotopic (exact) mass is 368 g/mol. The number of carbonyl (C=O) groups excluding carboxylic acids is 1. The van der Waals surface area contributed by atoms with E-state index in [9.17, 15) is 4.79 Å². The molecule has 3 rings (SSSR count). The van der Waals surface area contributed by atoms with Crippen molar-refractivity contribution in [2.24, 2.45) is 0 Å². The molecule has 0 aromatic heterocycles. The summed E-state index contributed by atoms with van der Waals surface area (Å²) in [4.78, 5) is 12.9. The zero-order valence-corrected chi connectivity index (χ0v) is 15.8. The number of allylic oxidation sites excluding steroid dienone is 2. The van der Waals surface area contributed by atoms with Crippen LogP contribution >= 0.6 is 0 Å². The van der Waals surface area contributed by atoms with Gasteiger partial charge in [0.1, 0.15) is 0 Å². The van der Waals surface area contributed by atoms with Crippen LogP contribution in [0.25, 0.3) is 11.1 Å². The van der Waals surface area contributed by atoms with E-state index in [1.807, 2.05) is 50.2 Å². The van der Waals surface area contributed by atoms with E-state index in [0.29, 0.717) is 11.1 Å². The number of carbonyl (C=O) groups is 1. The summed E-state index contributed by atoms with van der Waals surface area (Å²) in [7, 11) is 0. The smallest absolute Gasteiger partial charge is 0.194 e. The van der Waals surface area contributed by atoms with Gasteiger partial charge in [0.05, 0.1) is 13.2 Å². The standard InChI is InChI=1S/C25H20O3/c1-17(11-13-26)3-5-19-7-9-21-22-10-8-20(6-4-18(2)12-14-27)16-24(22)25(28)23(21)15-19/h7-12,15-16,26-27H,13-14H2,1-2H3. The molecule has 2 aromatic rings. The third kappa shape index (κ3) is 4.13. The Morgan fingerprint density at radius 1 is 0.786 bits per heavy atom. The molecule has 1 aliphatic carbocycles. The highest BCUT2D eigenvalue weighted by Gasteiger charge is 2.26. The lowest BCUT2D eigenvalue weighted by atomic mass is 10.0. The molecular weight excluding hydrogens is 348 g/mol. The Morgan fingerprint density at radius 2 is 1.21 bits per heavy atom. The van der Waals surface area contributed by atoms with Crippen LogP contribution in [0.15, 0.2) is 59.7 Å². The van der Waals surface area contributed by atoms with E-state index in [2.05, 4.69) is 23.7 Å². The summed E-state index contributed by atoms with van der Waals surface area (Å²) in [5.41, 5.74) is 6.19. The van der Waals surface area contributed by atoms with Gasteiger partial charge >= 0.3 is 0 Å². The first-order chi connectivity index (χ1) is 13.5. The Morgan fingerprint density at radius 3 is 1.61 bits per heavy atom. The van der Waals surface area contributed by atoms with Crippen molar-refractivity contribution in [2.45, 2.75) is 13.8 Å². The quantitative estimate of drug-likeness (QED) is 0.681. The van der Waals surface area contributed by atoms with Crippen LogP contribution in [0.2, 0.25) is 0 Å². The van der Waals surface area contributed by atoms with Crippen molar-refractivity contribution in [3.8, 4) is 34.8 Å². The number of rotatable bonds is 2. The first-order valence-electron chi connectivity index (χ1n) is 8.96. The van der Waals surface area contributed by atoms with Crippen LogP contribution in [-0.2, 0) is 0 Å². The van der Waals surface area contributed by atoms with Gasteiger partial charge in [0.25, 0.3) is 0 Å². The van der Waals surface area contributed by atoms with E-state index >= 15 is 0 Å². The largest absolute Gasteiger partial charge is 0.392 e. The molecule has 0 heterocycles. The topological polar surface area (TPSA) is 57.5 Å². The molecule has 3 heteroatoms. The van der Waals surface area contributed by atoms with Crippen molar-refractivity contribution < 1.29 is 15.0 Å². The summed E-state index contributed by atoms with van der Waals surface area (Å²) in [5, 5.41) is 17.8. The van der Waals surface area contributed by atoms with Crippen molar-refractivity contribution in [1.82, 2.24) is 0 Å². The highest BCUT2D eigenvalue weighted by molar-refractivity contribution is 6.22. The Balaban J connectivity index is 1.94. The highest BCUT2D eigenvalue weighted by atomic mass is 16.3. The maximum absolute atomic E-state index is 12.9. The lowest BCUT2D eigenvalue weighted by molar-refractivity contribution is 0.104. The fourth-order valence-electron chi connectivity index (χ4n) is 2.95. The fourth-order valence-corrected chi connectivity index (χ4v) is 2.95. The maximum Gasteiger partial charge on any atom is 0.194 e. The molecule has 0 saturated carbocycles. The summed E-state index contributed by atoms with van der Waals surface area (Å²) >= 11 is 0. The Bertz CT molecular complexity index is 1040. The number of hydrogen-bond donors (Lipinski definition) is 2. The van der Waals surface area contributed by atoms with Crippen molar-refractivity contribution in [1.29, 1.82) is 0 Å². The van der Waals surface area contributed by atoms with E-state index in [1.54, 1.807) is 12.2 Å². The first-order valence-corrected chi connectivity index (χ1v) is 8.96. The second-order valence-corrected chi connectivity index (χ2v) is 6.49. The third-order valence-corrected chi connectivity index (χ3v) is 4.42. The zero-order valence-electron chi connectivity index (χ0n) is 15.8. The minimum atomic E-state index is -0.0426. The fraction of sp³-hybridized carbons (Fsp3) is 0.160. The van der Waals surface area contributed by atoms with Gasteiger partial charge in [0, 0.05) is 22.3 Å². The molecule has 0 aliphatic heterocycles. The van der Waals surface area contributed by atoms with Crippen molar-refractivity contribution >= 4 is 5.78 Å². The molecule has 1 aliphatic rings. The van der Waals surface area contributed by atoms with Crippen LogP contribution in [0.5, 0.6) is 0 Å². The summed E-state index contributed by atoms with van der Waals surface area (Å²) in [6.45, 7) is 3.58. The van der Waals surface area contributed by atoms with Crippen LogP contribution in [0.1, 0.15) is 40.9 Å². The Kier molecular flexibility index (Phi) is 5.92. The van der Waals surface area contributed by atoms with Gasteiger partial charge in [-0.15, -0.1) is 0 Å². The molecule has 3 nitrogen and oxygen atoms in total. The van der Waals surface area contributed by atoms with E-state index in [4.69, 9.17) is 10.2 Å². The normalized spacial score (nSPS) is 12.5. The van der Waals surface area contributed by atoms with Crippen LogP contribution in [0.4, 0.5) is 0 Å². The molecule has 28 heavy (non-hydrogen) atoms. The van der Waals surface area contributed by atoms with E-state index in [1.165, 1.54) is 0 Å². The van der Waals surface area contributed by atoms with Crippen molar-refractivity contribution in [3.05, 3.63) is 82.0 Å². The molecule has 0 fully saturated rings. The van der Waals surface area contributed by atoms with E-state index in [-0.39, 0.29) is 19.0 Å². The van der Waals surface area contributed by atoms with Gasteiger partial charge < -0.3 is 10.2 Å². The summed E-state index contributed by atoms with van der Waals surface area (Å²) in [6.07, 6.45) is 3.28. The van der Waals surface area contributed by atoms with Gasteiger partial charge in [-0.05, 0) is 72.5 Å². The summed E-state index contributed by atoms with van der Waals surface area (Å²) < 4.78 is 0. The van der Waals surface area contributed by atoms with Gasteiger partial charge in [-0.25, -0.2) is 0 Å². The second kappa shape index (κ2) is 8.55. The van der Waals surface area contributed by atoms with Gasteiger partial charge in [0.15, 0.2) is 5.78 Å². The minimum Gasteiger partial charge on any atom is -0.392 e. The molecule has 2 N–H and O–H groups in total. The molecule has 0 saturated heterocycles. The lowest BCUT2D eigenvalue weighted by Gasteiger charge is -2.00. The molecular formula is C25H20O3. The van der Waals surface area contributed by atoms with Gasteiger partial charge in [-0.3, -0.25) is 4.79 Å². The second-order valence-electron chi connectivity index (χ2n) is 6.49. The van der Waals surface area contributed by atoms with Gasteiger partial charge in [-0.2, -0.15) is 0 Å². The number of aliphatic hydroxyl groups excluding tert-OH is 2. The molecule has 138 valence electrons. The van der Waals surface area contributed by atoms with Gasteiger partial charge in [0.2, 0.25) is 0 Å². The molecule has 2 aromatic carbocycles. The molecule has 0 spiro atoms. The maximum atomic E-state index is 12.9. The Labute approximate surface area is 165 Å². The average molecular weight is 368 g/mol. The SMILES string of the molecule is CC(C#Cc1ccc2c(c1)C(=O)c1cc(C#CC(C)=CCO)ccc1-2)=CCO. The number of fused-ring (bicyclic) bond motifs is 3. The molecule has 0 amide bonds. The van der Waals surface area contributed by atoms with E-state index in [0.717, 1.165) is 33.4 Å². The van der Waals surface area contributed by atoms with Crippen molar-refractivity contribution in [3.63, 3.8) is 0 Å². The van der Waals surface area contributed by atoms with E-state index < -0.39 is 0 Å². The molecule has 0 unspecified atom stereocenters. The highest BCUT2D eigenvalue weighted by Crippen LogP contribution is 2.37. The van der Waals surface area contributed by atoms with Crippen LogP contribution in [0, 0.1) is 23.7 Å². The van der Waals surface area contributed by atoms with Crippen LogP contribution < -0.4 is 0 Å². The first kappa shape index (κ1) is 19.4. The number of aliphatic hydroxyl groups is 2. The molecule has 0 atom stereocenters. The molecule has 0 radical (unpaired) electrons. The molecule has 0 bridgehead atoms. The average Bonchev–Trinajstić information content (AvgIpc) is 2.97. The lowest BCUT2D eigenvalue weighted by Crippen LogP contribution is -1.96. The number of benzene rings is 2. The minimum absolute atomic E-state index is 0.0254. The third-order valence-electron chi connectivity index (χ3n) is 4.42. The van der Waals surface area contributed by atoms with Crippen molar-refractivity contribution in [2.75, 3.05) is 13.2 Å². The summed E-state index contributed by atoms with van der Waals surface area (Å²) in [6, 6.07) is 11.3. The van der Waals surface area contributed by atoms with Crippen LogP contribution in [0.3, 0.4) is 0 Å². The summed E-state index contributed by atoms with van der Waals surface area (Å²) in [5.74, 6) is 12.0. The number of ketones is 1. The predicted octanol–water partition coefficient (Wildman–Crippen LogP) is 3.48. The Hall–Kier alpha value is -3.37. The number of hydrogen-bond acceptors (Lipinski definition) is 3. The predicted molar refractivity (Wildman–Crippen MR) is 111 cm³/mol.